The number of Topliss-reactive ketones (excluding diaryl/α,β-unsaturated/α-hetero) is 1. The SMILES string of the molecule is CC1(C)C[C@H]([C@H](CC(=O)O)NC(=O)CCC(=O)OCC(=O)[C@@]2(O)CC[C@@H]3[C@@H]4CCC5=CC(=O)C=C[C@]5(C)[C@@H]4[C@@H](O)C[C@@]32C)CCO1. The van der Waals surface area contributed by atoms with Gasteiger partial charge in [0.25, 0.3) is 0 Å². The lowest BCUT2D eigenvalue weighted by Crippen LogP contribution is -2.61. The lowest BCUT2D eigenvalue weighted by molar-refractivity contribution is -0.181. The maximum absolute atomic E-state index is 13.5. The number of allylic oxidation sites excluding steroid dienone is 4. The number of carboxylic acids is 1. The summed E-state index contributed by atoms with van der Waals surface area (Å²) in [5, 5.41) is 35.6. The van der Waals surface area contributed by atoms with Crippen LogP contribution in [0, 0.1) is 34.5 Å². The molecule has 1 aliphatic heterocycles. The maximum atomic E-state index is 13.5. The van der Waals surface area contributed by atoms with Gasteiger partial charge in [-0.3, -0.25) is 24.0 Å². The summed E-state index contributed by atoms with van der Waals surface area (Å²) >= 11 is 0. The molecule has 0 unspecified atom stereocenters. The van der Waals surface area contributed by atoms with Gasteiger partial charge < -0.3 is 30.1 Å². The van der Waals surface area contributed by atoms with Gasteiger partial charge in [0.05, 0.1) is 24.5 Å². The zero-order valence-corrected chi connectivity index (χ0v) is 27.4. The fourth-order valence-corrected chi connectivity index (χ4v) is 9.77. The van der Waals surface area contributed by atoms with Crippen molar-refractivity contribution in [2.75, 3.05) is 13.2 Å². The second kappa shape index (κ2) is 12.6. The molecule has 1 amide bonds. The van der Waals surface area contributed by atoms with Gasteiger partial charge in [-0.25, -0.2) is 0 Å². The predicted molar refractivity (Wildman–Crippen MR) is 165 cm³/mol. The van der Waals surface area contributed by atoms with Gasteiger partial charge in [-0.1, -0.05) is 25.5 Å². The van der Waals surface area contributed by atoms with E-state index in [1.54, 1.807) is 12.2 Å². The van der Waals surface area contributed by atoms with Crippen LogP contribution < -0.4 is 5.32 Å². The van der Waals surface area contributed by atoms with E-state index in [0.717, 1.165) is 12.0 Å². The van der Waals surface area contributed by atoms with E-state index >= 15 is 0 Å². The summed E-state index contributed by atoms with van der Waals surface area (Å²) in [6.45, 7) is 7.59. The number of amides is 1. The van der Waals surface area contributed by atoms with Crippen LogP contribution in [-0.4, -0.2) is 81.3 Å². The van der Waals surface area contributed by atoms with E-state index in [-0.39, 0.29) is 61.6 Å². The summed E-state index contributed by atoms with van der Waals surface area (Å²) in [4.78, 5) is 62.4. The number of hydrogen-bond acceptors (Lipinski definition) is 9. The van der Waals surface area contributed by atoms with Gasteiger partial charge in [-0.05, 0) is 88.7 Å². The molecule has 254 valence electrons. The van der Waals surface area contributed by atoms with Gasteiger partial charge in [0.15, 0.2) is 12.4 Å². The monoisotopic (exact) mass is 643 g/mol. The third-order valence-electron chi connectivity index (χ3n) is 12.1. The molecule has 0 aromatic heterocycles. The summed E-state index contributed by atoms with van der Waals surface area (Å²) in [5.74, 6) is -3.14. The number of ether oxygens (including phenoxy) is 2. The topological polar surface area (TPSA) is 177 Å². The molecule has 0 aromatic carbocycles. The molecule has 3 saturated carbocycles. The van der Waals surface area contributed by atoms with Crippen molar-refractivity contribution in [2.45, 2.75) is 115 Å². The number of carboxylic acid groups (broad SMARTS) is 1. The van der Waals surface area contributed by atoms with Gasteiger partial charge in [0.2, 0.25) is 11.7 Å². The van der Waals surface area contributed by atoms with E-state index < -0.39 is 64.4 Å². The average Bonchev–Trinajstić information content (AvgIpc) is 3.24. The van der Waals surface area contributed by atoms with Crippen molar-refractivity contribution in [3.05, 3.63) is 23.8 Å². The van der Waals surface area contributed by atoms with E-state index in [9.17, 15) is 39.3 Å². The number of aliphatic hydroxyl groups excluding tert-OH is 1. The number of carbonyl (C=O) groups excluding carboxylic acids is 4. The fraction of sp³-hybridized carbons (Fsp3) is 0.743. The Bertz CT molecular complexity index is 1340. The van der Waals surface area contributed by atoms with E-state index in [2.05, 4.69) is 12.2 Å². The molecule has 0 aromatic rings. The fourth-order valence-electron chi connectivity index (χ4n) is 9.77. The molecule has 0 radical (unpaired) electrons. The average molecular weight is 644 g/mol. The molecule has 1 heterocycles. The van der Waals surface area contributed by atoms with Crippen LogP contribution in [0.5, 0.6) is 0 Å². The Morgan fingerprint density at radius 1 is 1.09 bits per heavy atom. The number of aliphatic carboxylic acids is 1. The van der Waals surface area contributed by atoms with Crippen LogP contribution >= 0.6 is 0 Å². The summed E-state index contributed by atoms with van der Waals surface area (Å²) in [5.41, 5.74) is -2.56. The van der Waals surface area contributed by atoms with Crippen molar-refractivity contribution in [1.82, 2.24) is 5.32 Å². The van der Waals surface area contributed by atoms with Gasteiger partial charge in [0, 0.05) is 35.8 Å². The Hall–Kier alpha value is -2.89. The molecule has 4 aliphatic carbocycles. The standard InChI is InChI=1S/C35H49NO10/c1-32(2)17-20(11-14-46-32)25(16-29(41)42)36-28(40)7-8-30(43)45-19-27(39)35(44)13-10-24-23-6-5-21-15-22(37)9-12-33(21,3)31(23)26(38)18-34(24,35)4/h9,12,15,20,23-26,31,38,44H,5-8,10-11,13-14,16-19H2,1-4H3,(H,36,40)(H,41,42)/t20-,23+,24-,25+,26+,31+,33+,34+,35+/m1/s1. The number of fused-ring (bicyclic) bond motifs is 5. The van der Waals surface area contributed by atoms with E-state index in [0.29, 0.717) is 32.3 Å². The number of esters is 1. The summed E-state index contributed by atoms with van der Waals surface area (Å²) in [6, 6.07) is -0.604. The van der Waals surface area contributed by atoms with Crippen LogP contribution in [0.2, 0.25) is 0 Å². The third kappa shape index (κ3) is 6.34. The number of carbonyl (C=O) groups is 5. The molecule has 0 spiro atoms. The predicted octanol–water partition coefficient (Wildman–Crippen LogP) is 3.05. The smallest absolute Gasteiger partial charge is 0.306 e. The highest BCUT2D eigenvalue weighted by Crippen LogP contribution is 2.67. The summed E-state index contributed by atoms with van der Waals surface area (Å²) in [6.07, 6.45) is 7.28. The highest BCUT2D eigenvalue weighted by atomic mass is 16.5. The Morgan fingerprint density at radius 3 is 2.52 bits per heavy atom. The van der Waals surface area contributed by atoms with Gasteiger partial charge >= 0.3 is 11.9 Å². The second-order valence-electron chi connectivity index (χ2n) is 15.3. The first-order valence-electron chi connectivity index (χ1n) is 16.7. The first-order chi connectivity index (χ1) is 21.5. The minimum Gasteiger partial charge on any atom is -0.481 e. The first kappa shape index (κ1) is 34.4. The maximum Gasteiger partial charge on any atom is 0.306 e. The Kier molecular flexibility index (Phi) is 9.45. The normalized spacial score (nSPS) is 38.4. The highest BCUT2D eigenvalue weighted by molar-refractivity contribution is 6.01. The first-order valence-corrected chi connectivity index (χ1v) is 16.7. The van der Waals surface area contributed by atoms with E-state index in [1.165, 1.54) is 0 Å². The molecule has 11 nitrogen and oxygen atoms in total. The summed E-state index contributed by atoms with van der Waals surface area (Å²) in [7, 11) is 0. The van der Waals surface area contributed by atoms with Crippen LogP contribution in [0.1, 0.15) is 91.9 Å². The minimum absolute atomic E-state index is 0.0290. The Labute approximate surface area is 270 Å². The molecular weight excluding hydrogens is 594 g/mol. The van der Waals surface area contributed by atoms with Crippen molar-refractivity contribution in [3.8, 4) is 0 Å². The summed E-state index contributed by atoms with van der Waals surface area (Å²) < 4.78 is 11.0. The number of aliphatic hydroxyl groups is 2. The quantitative estimate of drug-likeness (QED) is 0.259. The molecule has 4 fully saturated rings. The molecule has 5 rings (SSSR count). The zero-order chi connectivity index (χ0) is 33.7. The van der Waals surface area contributed by atoms with Crippen LogP contribution in [0.4, 0.5) is 0 Å². The Morgan fingerprint density at radius 2 is 1.83 bits per heavy atom. The molecular formula is C35H49NO10. The van der Waals surface area contributed by atoms with Crippen molar-refractivity contribution >= 4 is 29.4 Å². The highest BCUT2D eigenvalue weighted by Gasteiger charge is 2.68. The van der Waals surface area contributed by atoms with E-state index in [1.807, 2.05) is 26.8 Å². The lowest BCUT2D eigenvalue weighted by Gasteiger charge is -2.59. The number of ketones is 2. The minimum atomic E-state index is -1.78. The van der Waals surface area contributed by atoms with E-state index in [4.69, 9.17) is 9.47 Å². The van der Waals surface area contributed by atoms with Gasteiger partial charge in [-0.2, -0.15) is 0 Å². The third-order valence-corrected chi connectivity index (χ3v) is 12.1. The van der Waals surface area contributed by atoms with Crippen molar-refractivity contribution < 1.29 is 48.8 Å². The van der Waals surface area contributed by atoms with Crippen LogP contribution in [0.25, 0.3) is 0 Å². The Balaban J connectivity index is 1.16. The number of rotatable bonds is 10. The molecule has 11 heteroatoms. The van der Waals surface area contributed by atoms with Crippen molar-refractivity contribution in [2.24, 2.45) is 34.5 Å². The second-order valence-corrected chi connectivity index (χ2v) is 15.3. The van der Waals surface area contributed by atoms with Crippen LogP contribution in [0.3, 0.4) is 0 Å². The molecule has 9 atom stereocenters. The van der Waals surface area contributed by atoms with Gasteiger partial charge in [0.1, 0.15) is 5.60 Å². The molecule has 5 aliphatic rings. The molecule has 0 bridgehead atoms. The molecule has 4 N–H and O–H groups in total. The largest absolute Gasteiger partial charge is 0.481 e. The molecule has 1 saturated heterocycles. The zero-order valence-electron chi connectivity index (χ0n) is 27.4. The van der Waals surface area contributed by atoms with Crippen molar-refractivity contribution in [1.29, 1.82) is 0 Å². The van der Waals surface area contributed by atoms with Crippen LogP contribution in [-0.2, 0) is 33.4 Å². The number of hydrogen-bond donors (Lipinski definition) is 4. The number of nitrogens with one attached hydrogen (secondary N) is 1. The van der Waals surface area contributed by atoms with Crippen molar-refractivity contribution in [3.63, 3.8) is 0 Å². The van der Waals surface area contributed by atoms with Crippen LogP contribution in [0.15, 0.2) is 23.8 Å². The van der Waals surface area contributed by atoms with Gasteiger partial charge in [-0.15, -0.1) is 0 Å². The lowest BCUT2D eigenvalue weighted by atomic mass is 9.46. The molecule has 46 heavy (non-hydrogen) atoms.